The summed E-state index contributed by atoms with van der Waals surface area (Å²) in [6.45, 7) is 0. The molecule has 3 nitrogen and oxygen atoms in total. The van der Waals surface area contributed by atoms with Gasteiger partial charge in [0.15, 0.2) is 0 Å². The van der Waals surface area contributed by atoms with Crippen LogP contribution in [0.2, 0.25) is 0 Å². The van der Waals surface area contributed by atoms with E-state index in [9.17, 15) is 13.2 Å². The molecular formula is C10H6F3I2N3. The van der Waals surface area contributed by atoms with Gasteiger partial charge in [0.2, 0.25) is 0 Å². The monoisotopic (exact) mass is 479 g/mol. The van der Waals surface area contributed by atoms with Crippen molar-refractivity contribution in [2.24, 2.45) is 7.05 Å². The minimum Gasteiger partial charge on any atom is -0.322 e. The number of rotatable bonds is 1. The summed E-state index contributed by atoms with van der Waals surface area (Å²) in [7, 11) is 1.81. The van der Waals surface area contributed by atoms with Gasteiger partial charge in [-0.05, 0) is 57.3 Å². The van der Waals surface area contributed by atoms with E-state index in [4.69, 9.17) is 0 Å². The zero-order chi connectivity index (χ0) is 13.5. The first-order chi connectivity index (χ1) is 8.30. The molecule has 0 atom stereocenters. The molecule has 2 aromatic rings. The van der Waals surface area contributed by atoms with Crippen LogP contribution in [0.1, 0.15) is 5.69 Å². The van der Waals surface area contributed by atoms with Gasteiger partial charge in [-0.3, -0.25) is 4.98 Å². The van der Waals surface area contributed by atoms with Crippen LogP contribution in [-0.2, 0) is 13.2 Å². The molecule has 0 aliphatic rings. The largest absolute Gasteiger partial charge is 0.433 e. The number of hydrogen-bond donors (Lipinski definition) is 0. The summed E-state index contributed by atoms with van der Waals surface area (Å²) in [6.07, 6.45) is -3.22. The van der Waals surface area contributed by atoms with E-state index >= 15 is 0 Å². The van der Waals surface area contributed by atoms with Crippen molar-refractivity contribution >= 4 is 45.2 Å². The summed E-state index contributed by atoms with van der Waals surface area (Å²) in [6, 6.07) is 2.34. The second kappa shape index (κ2) is 4.94. The molecule has 0 spiro atoms. The molecule has 0 bridgehead atoms. The molecule has 0 N–H and O–H groups in total. The maximum Gasteiger partial charge on any atom is 0.433 e. The maximum atomic E-state index is 12.4. The minimum absolute atomic E-state index is 0.561. The predicted molar refractivity (Wildman–Crippen MR) is 76.9 cm³/mol. The minimum atomic E-state index is -4.41. The summed E-state index contributed by atoms with van der Waals surface area (Å²) >= 11 is 4.21. The standard InChI is InChI=1S/C10H6F3I2N3/c1-18-8(15)7(14)17-9(18)5-2-3-6(16-4-5)10(11,12)13/h2-4H,1H3. The highest BCUT2D eigenvalue weighted by molar-refractivity contribution is 14.1. The topological polar surface area (TPSA) is 30.7 Å². The second-order valence-electron chi connectivity index (χ2n) is 3.51. The van der Waals surface area contributed by atoms with Crippen molar-refractivity contribution in [3.05, 3.63) is 31.4 Å². The highest BCUT2D eigenvalue weighted by Gasteiger charge is 2.32. The summed E-state index contributed by atoms with van der Waals surface area (Å²) in [5, 5.41) is 0. The first kappa shape index (κ1) is 14.0. The van der Waals surface area contributed by atoms with Gasteiger partial charge in [-0.2, -0.15) is 13.2 Å². The van der Waals surface area contributed by atoms with Gasteiger partial charge in [0.1, 0.15) is 18.9 Å². The van der Waals surface area contributed by atoms with E-state index in [1.54, 1.807) is 0 Å². The van der Waals surface area contributed by atoms with Crippen LogP contribution in [0.3, 0.4) is 0 Å². The molecule has 2 heterocycles. The van der Waals surface area contributed by atoms with Gasteiger partial charge < -0.3 is 4.57 Å². The third-order valence-electron chi connectivity index (χ3n) is 2.30. The zero-order valence-electron chi connectivity index (χ0n) is 8.96. The second-order valence-corrected chi connectivity index (χ2v) is 5.55. The van der Waals surface area contributed by atoms with Crippen LogP contribution in [0.4, 0.5) is 13.2 Å². The van der Waals surface area contributed by atoms with Crippen molar-refractivity contribution in [1.82, 2.24) is 14.5 Å². The molecule has 2 rings (SSSR count). The van der Waals surface area contributed by atoms with E-state index in [1.165, 1.54) is 12.3 Å². The lowest BCUT2D eigenvalue weighted by molar-refractivity contribution is -0.141. The van der Waals surface area contributed by atoms with Crippen LogP contribution in [0, 0.1) is 7.40 Å². The van der Waals surface area contributed by atoms with Crippen molar-refractivity contribution in [3.8, 4) is 11.4 Å². The Bertz CT molecular complexity index is 575. The van der Waals surface area contributed by atoms with Crippen molar-refractivity contribution in [1.29, 1.82) is 0 Å². The molecule has 2 aromatic heterocycles. The van der Waals surface area contributed by atoms with E-state index in [0.717, 1.165) is 13.5 Å². The third-order valence-corrected chi connectivity index (χ3v) is 5.32. The van der Waals surface area contributed by atoms with Crippen LogP contribution in [0.25, 0.3) is 11.4 Å². The van der Waals surface area contributed by atoms with Crippen LogP contribution in [0.15, 0.2) is 18.3 Å². The smallest absolute Gasteiger partial charge is 0.322 e. The zero-order valence-corrected chi connectivity index (χ0v) is 13.3. The van der Waals surface area contributed by atoms with Crippen molar-refractivity contribution in [2.45, 2.75) is 6.18 Å². The third kappa shape index (κ3) is 2.63. The lowest BCUT2D eigenvalue weighted by Gasteiger charge is -2.06. The lowest BCUT2D eigenvalue weighted by atomic mass is 10.2. The fourth-order valence-corrected chi connectivity index (χ4v) is 2.34. The molecule has 0 saturated carbocycles. The Morgan fingerprint density at radius 2 is 1.89 bits per heavy atom. The molecule has 0 amide bonds. The number of imidazole rings is 1. The van der Waals surface area contributed by atoms with Crippen molar-refractivity contribution < 1.29 is 13.2 Å². The first-order valence-electron chi connectivity index (χ1n) is 4.72. The van der Waals surface area contributed by atoms with Gasteiger partial charge in [0, 0.05) is 18.8 Å². The van der Waals surface area contributed by atoms with Gasteiger partial charge >= 0.3 is 6.18 Å². The summed E-state index contributed by atoms with van der Waals surface area (Å²) in [5.74, 6) is 0.602. The Labute approximate surface area is 128 Å². The average molecular weight is 479 g/mol. The fraction of sp³-hybridized carbons (Fsp3) is 0.200. The average Bonchev–Trinajstić information content (AvgIpc) is 2.56. The molecule has 0 unspecified atom stereocenters. The highest BCUT2D eigenvalue weighted by atomic mass is 127. The fourth-order valence-electron chi connectivity index (χ4n) is 1.40. The van der Waals surface area contributed by atoms with Gasteiger partial charge in [-0.15, -0.1) is 0 Å². The SMILES string of the molecule is Cn1c(-c2ccc(C(F)(F)F)nc2)nc(I)c1I. The number of aromatic nitrogens is 3. The van der Waals surface area contributed by atoms with E-state index < -0.39 is 11.9 Å². The number of pyridine rings is 1. The maximum absolute atomic E-state index is 12.4. The lowest BCUT2D eigenvalue weighted by Crippen LogP contribution is -2.07. The van der Waals surface area contributed by atoms with E-state index in [1.807, 2.05) is 11.6 Å². The molecule has 0 saturated heterocycles. The summed E-state index contributed by atoms with van der Waals surface area (Å²) < 4.78 is 40.7. The molecule has 0 fully saturated rings. The number of alkyl halides is 3. The van der Waals surface area contributed by atoms with Gasteiger partial charge in [-0.25, -0.2) is 4.98 Å². The van der Waals surface area contributed by atoms with Crippen molar-refractivity contribution in [3.63, 3.8) is 0 Å². The van der Waals surface area contributed by atoms with Gasteiger partial charge in [0.05, 0.1) is 0 Å². The van der Waals surface area contributed by atoms with Gasteiger partial charge in [-0.1, -0.05) is 0 Å². The van der Waals surface area contributed by atoms with E-state index in [2.05, 4.69) is 55.1 Å². The molecule has 8 heteroatoms. The Morgan fingerprint density at radius 1 is 1.22 bits per heavy atom. The van der Waals surface area contributed by atoms with Crippen molar-refractivity contribution in [2.75, 3.05) is 0 Å². The Morgan fingerprint density at radius 3 is 2.28 bits per heavy atom. The van der Waals surface area contributed by atoms with Crippen LogP contribution in [0.5, 0.6) is 0 Å². The van der Waals surface area contributed by atoms with Crippen LogP contribution < -0.4 is 0 Å². The highest BCUT2D eigenvalue weighted by Crippen LogP contribution is 2.29. The van der Waals surface area contributed by atoms with Crippen LogP contribution >= 0.6 is 45.2 Å². The summed E-state index contributed by atoms with van der Waals surface area (Å²) in [4.78, 5) is 7.72. The van der Waals surface area contributed by atoms with E-state index in [-0.39, 0.29) is 0 Å². The molecule has 0 radical (unpaired) electrons. The number of halogens is 5. The normalized spacial score (nSPS) is 11.9. The molecule has 18 heavy (non-hydrogen) atoms. The Hall–Kier alpha value is -0.390. The quantitative estimate of drug-likeness (QED) is 0.585. The predicted octanol–water partition coefficient (Wildman–Crippen LogP) is 3.71. The summed E-state index contributed by atoms with van der Waals surface area (Å²) in [5.41, 5.74) is -0.337. The molecule has 96 valence electrons. The molecule has 0 aliphatic carbocycles. The number of nitrogens with zero attached hydrogens (tertiary/aromatic N) is 3. The number of hydrogen-bond acceptors (Lipinski definition) is 2. The first-order valence-corrected chi connectivity index (χ1v) is 6.88. The Balaban J connectivity index is 2.44. The molecular weight excluding hydrogens is 473 g/mol. The van der Waals surface area contributed by atoms with Crippen LogP contribution in [-0.4, -0.2) is 14.5 Å². The van der Waals surface area contributed by atoms with Gasteiger partial charge in [0.25, 0.3) is 0 Å². The molecule has 0 aromatic carbocycles. The van der Waals surface area contributed by atoms with E-state index in [0.29, 0.717) is 11.4 Å². The molecule has 0 aliphatic heterocycles. The Kier molecular flexibility index (Phi) is 3.85.